The lowest BCUT2D eigenvalue weighted by Crippen LogP contribution is -2.66. The van der Waals surface area contributed by atoms with Gasteiger partial charge in [0.15, 0.2) is 18.7 Å². The van der Waals surface area contributed by atoms with Gasteiger partial charge in [-0.2, -0.15) is 0 Å². The third kappa shape index (κ3) is 7.47. The van der Waals surface area contributed by atoms with Crippen molar-refractivity contribution in [2.45, 2.75) is 106 Å². The Bertz CT molecular complexity index is 999. The van der Waals surface area contributed by atoms with Gasteiger partial charge in [0.25, 0.3) is 0 Å². The van der Waals surface area contributed by atoms with Crippen LogP contribution in [0.4, 0.5) is 0 Å². The van der Waals surface area contributed by atoms with Crippen molar-refractivity contribution in [3.05, 3.63) is 24.3 Å². The maximum Gasteiger partial charge on any atom is 0.229 e. The average molecular weight is 635 g/mol. The van der Waals surface area contributed by atoms with Crippen LogP contribution in [0.3, 0.4) is 0 Å². The number of benzene rings is 1. The van der Waals surface area contributed by atoms with Crippen molar-refractivity contribution in [2.75, 3.05) is 42.2 Å². The Morgan fingerprint density at radius 2 is 1.09 bits per heavy atom. The van der Waals surface area contributed by atoms with E-state index in [0.29, 0.717) is 11.5 Å². The van der Waals surface area contributed by atoms with Crippen LogP contribution in [-0.4, -0.2) is 155 Å². The molecule has 0 saturated carbocycles. The molecule has 0 radical (unpaired) electrons. The lowest BCUT2D eigenvalue weighted by atomic mass is 9.96. The van der Waals surface area contributed by atoms with Crippen LogP contribution in [0.15, 0.2) is 24.3 Å². The maximum atomic E-state index is 11.4. The second-order valence-electron chi connectivity index (χ2n) is 11.0. The van der Waals surface area contributed by atoms with Crippen LogP contribution in [0.2, 0.25) is 0 Å². The molecule has 44 heavy (non-hydrogen) atoms. The summed E-state index contributed by atoms with van der Waals surface area (Å²) >= 11 is 0. The highest BCUT2D eigenvalue weighted by Crippen LogP contribution is 2.35. The normalized spacial score (nSPS) is 43.0. The number of ether oxygens (including phenoxy) is 11. The van der Waals surface area contributed by atoms with Crippen LogP contribution >= 0.6 is 0 Å². The van der Waals surface area contributed by atoms with Gasteiger partial charge in [-0.05, 0) is 38.1 Å². The molecule has 15 nitrogen and oxygen atoms in total. The van der Waals surface area contributed by atoms with E-state index in [0.717, 1.165) is 0 Å². The molecule has 0 aromatic heterocycles. The second kappa shape index (κ2) is 15.7. The number of aliphatic hydroxyl groups is 4. The number of aliphatic hydroxyl groups excluding tert-OH is 4. The van der Waals surface area contributed by atoms with Gasteiger partial charge in [-0.15, -0.1) is 0 Å². The molecule has 4 N–H and O–H groups in total. The van der Waals surface area contributed by atoms with Gasteiger partial charge in [0, 0.05) is 28.4 Å². The van der Waals surface area contributed by atoms with Crippen molar-refractivity contribution in [3.63, 3.8) is 0 Å². The van der Waals surface area contributed by atoms with Crippen molar-refractivity contribution in [1.82, 2.24) is 0 Å². The molecule has 3 heterocycles. The maximum absolute atomic E-state index is 11.4. The lowest BCUT2D eigenvalue weighted by molar-refractivity contribution is -0.378. The Kier molecular flexibility index (Phi) is 12.6. The molecule has 1 aromatic rings. The molecule has 3 aliphatic rings. The summed E-state index contributed by atoms with van der Waals surface area (Å²) in [4.78, 5) is 0. The minimum atomic E-state index is -1.42. The van der Waals surface area contributed by atoms with Gasteiger partial charge in [-0.25, -0.2) is 0 Å². The molecule has 3 saturated heterocycles. The van der Waals surface area contributed by atoms with E-state index in [-0.39, 0.29) is 6.61 Å². The third-order valence-electron chi connectivity index (χ3n) is 8.19. The summed E-state index contributed by atoms with van der Waals surface area (Å²) in [6.45, 7) is 3.38. The SMILES string of the molecule is COC[C@H]1O[C@@H](O[C@@H]2[C@@H](OC)[C@@H](O)[C@H](O[C@H]3[C@H](Oc4ccc(OC)cc4)O[C@@H](C)[C@H](O)[C@H]3OC)O[C@H]2C)[C@H](O)[C@@H](OC)[C@@H]1O. The first-order chi connectivity index (χ1) is 21.1. The number of hydrogen-bond donors (Lipinski definition) is 4. The molecular weight excluding hydrogens is 588 g/mol. The standard InChI is InChI=1S/C29H46O15/c1-13-18(30)24(37-6)26(29(39-13)41-16-10-8-15(35-4)9-11-16)44-27-21(33)25(38-7)22(14(2)40-27)43-28-20(32)23(36-5)19(31)17(42-28)12-34-3/h8-11,13-14,17-33H,12H2,1-7H3/t13-,14-,17+,18-,19+,20+,21+,22-,23-,24+,25-,26+,27-,28-,29-/m0/s1. The number of hydrogen-bond acceptors (Lipinski definition) is 15. The van der Waals surface area contributed by atoms with E-state index >= 15 is 0 Å². The first kappa shape index (κ1) is 35.2. The predicted molar refractivity (Wildman–Crippen MR) is 149 cm³/mol. The molecule has 252 valence electrons. The van der Waals surface area contributed by atoms with Crippen LogP contribution in [0.1, 0.15) is 13.8 Å². The fourth-order valence-electron chi connectivity index (χ4n) is 5.75. The van der Waals surface area contributed by atoms with Crippen molar-refractivity contribution in [3.8, 4) is 11.5 Å². The fraction of sp³-hybridized carbons (Fsp3) is 0.793. The predicted octanol–water partition coefficient (Wildman–Crippen LogP) is -0.806. The monoisotopic (exact) mass is 634 g/mol. The molecule has 3 fully saturated rings. The van der Waals surface area contributed by atoms with E-state index in [2.05, 4.69) is 0 Å². The summed E-state index contributed by atoms with van der Waals surface area (Å²) in [5.41, 5.74) is 0. The molecule has 3 aliphatic heterocycles. The quantitative estimate of drug-likeness (QED) is 0.224. The molecule has 0 amide bonds. The smallest absolute Gasteiger partial charge is 0.229 e. The van der Waals surface area contributed by atoms with Gasteiger partial charge < -0.3 is 72.5 Å². The Labute approximate surface area is 256 Å². The first-order valence-corrected chi connectivity index (χ1v) is 14.5. The van der Waals surface area contributed by atoms with E-state index in [9.17, 15) is 20.4 Å². The van der Waals surface area contributed by atoms with Gasteiger partial charge in [-0.3, -0.25) is 0 Å². The molecule has 0 spiro atoms. The molecule has 1 aromatic carbocycles. The summed E-state index contributed by atoms with van der Waals surface area (Å²) in [5.74, 6) is 1.08. The second-order valence-corrected chi connectivity index (χ2v) is 11.0. The summed E-state index contributed by atoms with van der Waals surface area (Å²) in [6.07, 6.45) is -15.9. The highest BCUT2D eigenvalue weighted by atomic mass is 16.8. The van der Waals surface area contributed by atoms with E-state index < -0.39 is 92.1 Å². The average Bonchev–Trinajstić information content (AvgIpc) is 3.01. The van der Waals surface area contributed by atoms with Crippen LogP contribution in [0.25, 0.3) is 0 Å². The molecule has 0 bridgehead atoms. The topological polar surface area (TPSA) is 182 Å². The van der Waals surface area contributed by atoms with Crippen LogP contribution in [0.5, 0.6) is 11.5 Å². The zero-order valence-electron chi connectivity index (χ0n) is 26.0. The van der Waals surface area contributed by atoms with Gasteiger partial charge >= 0.3 is 0 Å². The largest absolute Gasteiger partial charge is 0.497 e. The summed E-state index contributed by atoms with van der Waals surface area (Å²) in [5, 5.41) is 43.6. The Morgan fingerprint density at radius 1 is 0.568 bits per heavy atom. The van der Waals surface area contributed by atoms with Crippen molar-refractivity contribution < 1.29 is 72.5 Å². The summed E-state index contributed by atoms with van der Waals surface area (Å²) < 4.78 is 63.2. The molecule has 4 rings (SSSR count). The Balaban J connectivity index is 1.51. The molecule has 15 atom stereocenters. The highest BCUT2D eigenvalue weighted by molar-refractivity contribution is 5.31. The van der Waals surface area contributed by atoms with Crippen LogP contribution in [-0.2, 0) is 42.6 Å². The van der Waals surface area contributed by atoms with Crippen LogP contribution < -0.4 is 9.47 Å². The lowest BCUT2D eigenvalue weighted by Gasteiger charge is -2.49. The van der Waals surface area contributed by atoms with Crippen molar-refractivity contribution >= 4 is 0 Å². The molecule has 15 heteroatoms. The first-order valence-electron chi connectivity index (χ1n) is 14.5. The zero-order chi connectivity index (χ0) is 32.1. The van der Waals surface area contributed by atoms with E-state index in [1.165, 1.54) is 28.4 Å². The van der Waals surface area contributed by atoms with Crippen molar-refractivity contribution in [2.24, 2.45) is 0 Å². The number of rotatable bonds is 12. The zero-order valence-corrected chi connectivity index (χ0v) is 26.0. The molecular formula is C29H46O15. The highest BCUT2D eigenvalue weighted by Gasteiger charge is 2.54. The molecule has 0 unspecified atom stereocenters. The van der Waals surface area contributed by atoms with E-state index in [1.807, 2.05) is 0 Å². The molecule has 0 aliphatic carbocycles. The van der Waals surface area contributed by atoms with Crippen molar-refractivity contribution in [1.29, 1.82) is 0 Å². The summed E-state index contributed by atoms with van der Waals surface area (Å²) in [7, 11) is 7.16. The Morgan fingerprint density at radius 3 is 1.68 bits per heavy atom. The van der Waals surface area contributed by atoms with Gasteiger partial charge in [0.05, 0.1) is 25.9 Å². The third-order valence-corrected chi connectivity index (χ3v) is 8.19. The van der Waals surface area contributed by atoms with Gasteiger partial charge in [0.2, 0.25) is 6.29 Å². The van der Waals surface area contributed by atoms with Gasteiger partial charge in [-0.1, -0.05) is 0 Å². The minimum Gasteiger partial charge on any atom is -0.497 e. The fourth-order valence-corrected chi connectivity index (χ4v) is 5.75. The minimum absolute atomic E-state index is 0.0188. The Hall–Kier alpha value is -1.70. The van der Waals surface area contributed by atoms with E-state index in [1.54, 1.807) is 45.2 Å². The van der Waals surface area contributed by atoms with E-state index in [4.69, 9.17) is 52.1 Å². The van der Waals surface area contributed by atoms with Gasteiger partial charge in [0.1, 0.15) is 66.4 Å². The number of methoxy groups -OCH3 is 5. The summed E-state index contributed by atoms with van der Waals surface area (Å²) in [6, 6.07) is 6.83. The van der Waals surface area contributed by atoms with Crippen LogP contribution in [0, 0.1) is 0 Å².